The van der Waals surface area contributed by atoms with E-state index in [-0.39, 0.29) is 5.43 Å². The minimum atomic E-state index is -0.0741. The molecule has 1 aromatic heterocycles. The molecule has 0 bridgehead atoms. The number of rotatable bonds is 4. The van der Waals surface area contributed by atoms with Gasteiger partial charge in [0.25, 0.3) is 0 Å². The molecule has 0 amide bonds. The monoisotopic (exact) mass is 644 g/mol. The molecule has 5 aromatic carbocycles. The van der Waals surface area contributed by atoms with E-state index in [0.29, 0.717) is 16.3 Å². The molecular weight excluding hydrogens is 601 g/mol. The number of nitrogens with zero attached hydrogens (tertiary/aromatic N) is 2. The smallest absolute Gasteiger partial charge is 0.197 e. The van der Waals surface area contributed by atoms with Crippen molar-refractivity contribution in [3.63, 3.8) is 0 Å². The number of fused-ring (bicyclic) bond motifs is 4. The fourth-order valence-corrected chi connectivity index (χ4v) is 6.66. The van der Waals surface area contributed by atoms with Crippen molar-refractivity contribution >= 4 is 51.9 Å². The Bertz CT molecular complexity index is 2430. The highest BCUT2D eigenvalue weighted by atomic mass is 16.1. The summed E-state index contributed by atoms with van der Waals surface area (Å²) in [5, 5.41) is 4.28. The molecule has 246 valence electrons. The summed E-state index contributed by atoms with van der Waals surface area (Å²) < 4.78 is 2.12. The lowest BCUT2D eigenvalue weighted by Crippen LogP contribution is -2.46. The van der Waals surface area contributed by atoms with Gasteiger partial charge in [0, 0.05) is 53.2 Å². The molecule has 2 heterocycles. The van der Waals surface area contributed by atoms with E-state index in [9.17, 15) is 9.59 Å². The minimum Gasteiger partial charge on any atom is -0.344 e. The first-order valence-corrected chi connectivity index (χ1v) is 17.0. The number of hydrogen-bond acceptors (Lipinski definition) is 3. The van der Waals surface area contributed by atoms with Gasteiger partial charge in [0.05, 0.1) is 16.6 Å². The fraction of sp³-hybridized carbons (Fsp3) is 0.156. The van der Waals surface area contributed by atoms with Crippen molar-refractivity contribution in [1.82, 2.24) is 4.57 Å². The lowest BCUT2D eigenvalue weighted by molar-refractivity contribution is -0.104. The molecule has 7 rings (SSSR count). The molecule has 4 heteroatoms. The molecule has 0 unspecified atom stereocenters. The average Bonchev–Trinajstić information content (AvgIpc) is 3.15. The van der Waals surface area contributed by atoms with Gasteiger partial charge in [-0.25, -0.2) is 0 Å². The normalized spacial score (nSPS) is 13.9. The molecule has 49 heavy (non-hydrogen) atoms. The van der Waals surface area contributed by atoms with Gasteiger partial charge in [-0.2, -0.15) is 0 Å². The minimum absolute atomic E-state index is 0.0741. The fourth-order valence-electron chi connectivity index (χ4n) is 6.66. The van der Waals surface area contributed by atoms with Gasteiger partial charge in [-0.3, -0.25) is 9.59 Å². The van der Waals surface area contributed by atoms with Crippen LogP contribution in [0.3, 0.4) is 0 Å². The van der Waals surface area contributed by atoms with Gasteiger partial charge in [0.15, 0.2) is 5.43 Å². The molecule has 0 saturated heterocycles. The van der Waals surface area contributed by atoms with E-state index in [1.54, 1.807) is 0 Å². The summed E-state index contributed by atoms with van der Waals surface area (Å²) in [5.41, 5.74) is 9.66. The van der Waals surface area contributed by atoms with Gasteiger partial charge in [-0.1, -0.05) is 125 Å². The van der Waals surface area contributed by atoms with Gasteiger partial charge in [-0.05, 0) is 64.2 Å². The number of aromatic nitrogens is 1. The van der Waals surface area contributed by atoms with Crippen molar-refractivity contribution in [1.29, 1.82) is 0 Å². The Kier molecular flexibility index (Phi) is 10.6. The number of aldehydes is 1. The molecule has 6 aromatic rings. The third kappa shape index (κ3) is 6.30. The quantitative estimate of drug-likeness (QED) is 0.142. The summed E-state index contributed by atoms with van der Waals surface area (Å²) in [4.78, 5) is 28.3. The number of allylic oxidation sites excluding steroid dienone is 2. The number of para-hydroxylation sites is 2. The van der Waals surface area contributed by atoms with Crippen molar-refractivity contribution in [2.24, 2.45) is 7.05 Å². The van der Waals surface area contributed by atoms with Crippen molar-refractivity contribution < 1.29 is 4.79 Å². The van der Waals surface area contributed by atoms with Gasteiger partial charge in [-0.15, -0.1) is 0 Å². The predicted molar refractivity (Wildman–Crippen MR) is 211 cm³/mol. The third-order valence-corrected chi connectivity index (χ3v) is 8.97. The first kappa shape index (κ1) is 34.6. The zero-order valence-electron chi connectivity index (χ0n) is 29.5. The lowest BCUT2D eigenvalue weighted by atomic mass is 9.95. The second-order valence-corrected chi connectivity index (χ2v) is 11.5. The van der Waals surface area contributed by atoms with E-state index in [1.165, 1.54) is 11.5 Å². The largest absolute Gasteiger partial charge is 0.344 e. The third-order valence-electron chi connectivity index (χ3n) is 8.97. The van der Waals surface area contributed by atoms with Gasteiger partial charge in [0.1, 0.15) is 6.29 Å². The Balaban J connectivity index is 0.00000113. The molecule has 0 aliphatic carbocycles. The van der Waals surface area contributed by atoms with Crippen LogP contribution in [0.25, 0.3) is 62.2 Å². The number of aryl methyl sites for hydroxylation is 2. The van der Waals surface area contributed by atoms with Crippen LogP contribution in [-0.2, 0) is 11.8 Å². The van der Waals surface area contributed by atoms with Crippen molar-refractivity contribution in [2.45, 2.75) is 34.6 Å². The summed E-state index contributed by atoms with van der Waals surface area (Å²) in [6.45, 7) is 14.0. The summed E-state index contributed by atoms with van der Waals surface area (Å²) in [5.74, 6) is 0. The Morgan fingerprint density at radius 2 is 1.39 bits per heavy atom. The molecule has 0 radical (unpaired) electrons. The second kappa shape index (κ2) is 15.0. The Morgan fingerprint density at radius 1 is 0.714 bits per heavy atom. The van der Waals surface area contributed by atoms with Crippen molar-refractivity contribution in [3.05, 3.63) is 153 Å². The Labute approximate surface area is 289 Å². The number of carbonyl (C=O) groups is 1. The first-order chi connectivity index (χ1) is 23.9. The van der Waals surface area contributed by atoms with Crippen LogP contribution in [0.2, 0.25) is 0 Å². The van der Waals surface area contributed by atoms with E-state index >= 15 is 0 Å². The van der Waals surface area contributed by atoms with E-state index in [0.717, 1.165) is 67.2 Å². The van der Waals surface area contributed by atoms with Gasteiger partial charge in [0.2, 0.25) is 0 Å². The number of hydrogen-bond donors (Lipinski definition) is 0. The maximum absolute atomic E-state index is 14.3. The van der Waals surface area contributed by atoms with E-state index < -0.39 is 0 Å². The maximum Gasteiger partial charge on any atom is 0.197 e. The summed E-state index contributed by atoms with van der Waals surface area (Å²) in [6, 6.07) is 33.2. The Morgan fingerprint density at radius 3 is 2.10 bits per heavy atom. The van der Waals surface area contributed by atoms with E-state index in [1.807, 2.05) is 83.1 Å². The Hall–Kier alpha value is -5.74. The SMILES string of the molecule is C=Cc1ccc(-c2cccc3c(=O)c4/c(n(C)c23)=C\c2cccc(-c3ccc5ccccc5c3)c2N(C)C(=C/C=O)\C=4)cc1C.CC.CC. The molecule has 4 nitrogen and oxygen atoms in total. The highest BCUT2D eigenvalue weighted by molar-refractivity contribution is 5.96. The molecule has 0 fully saturated rings. The zero-order chi connectivity index (χ0) is 35.2. The summed E-state index contributed by atoms with van der Waals surface area (Å²) in [7, 11) is 3.97. The average molecular weight is 645 g/mol. The van der Waals surface area contributed by atoms with Crippen molar-refractivity contribution in [3.8, 4) is 22.3 Å². The first-order valence-electron chi connectivity index (χ1n) is 17.0. The van der Waals surface area contributed by atoms with Crippen LogP contribution in [0.4, 0.5) is 5.69 Å². The highest BCUT2D eigenvalue weighted by Crippen LogP contribution is 2.37. The molecule has 0 atom stereocenters. The van der Waals surface area contributed by atoms with Gasteiger partial charge < -0.3 is 9.47 Å². The van der Waals surface area contributed by atoms with Crippen LogP contribution < -0.4 is 20.9 Å². The number of benzene rings is 5. The molecule has 1 aliphatic heterocycles. The van der Waals surface area contributed by atoms with Crippen LogP contribution in [0.1, 0.15) is 44.4 Å². The van der Waals surface area contributed by atoms with E-state index in [4.69, 9.17) is 0 Å². The van der Waals surface area contributed by atoms with Crippen LogP contribution >= 0.6 is 0 Å². The van der Waals surface area contributed by atoms with Crippen LogP contribution in [0, 0.1) is 6.92 Å². The molecule has 0 saturated carbocycles. The lowest BCUT2D eigenvalue weighted by Gasteiger charge is -2.27. The summed E-state index contributed by atoms with van der Waals surface area (Å²) >= 11 is 0. The standard InChI is InChI=1S/C41H32N2O2.2C2H6/c1-5-27-16-18-30(22-26(27)2)35-14-9-15-36-40(35)43(4)38-24-32-12-8-13-34(31-19-17-28-10-6-7-11-29(28)23-31)39(32)42(3)33(20-21-44)25-37(38)41(36)45;2*1-2/h5-25H,1H2,2-4H3;2*1-2H3/b33-20-,37-25+,38-24+;;. The molecular formula is C45H44N2O2. The van der Waals surface area contributed by atoms with Crippen LogP contribution in [0.5, 0.6) is 0 Å². The van der Waals surface area contributed by atoms with Crippen molar-refractivity contribution in [2.75, 3.05) is 11.9 Å². The maximum atomic E-state index is 14.3. The second-order valence-electron chi connectivity index (χ2n) is 11.5. The predicted octanol–water partition coefficient (Wildman–Crippen LogP) is 9.17. The topological polar surface area (TPSA) is 42.3 Å². The summed E-state index contributed by atoms with van der Waals surface area (Å²) in [6.07, 6.45) is 8.11. The zero-order valence-corrected chi connectivity index (χ0v) is 29.5. The molecule has 0 N–H and O–H groups in total. The van der Waals surface area contributed by atoms with Crippen LogP contribution in [-0.4, -0.2) is 17.9 Å². The number of pyridine rings is 1. The molecule has 1 aliphatic rings. The van der Waals surface area contributed by atoms with Gasteiger partial charge >= 0.3 is 0 Å². The molecule has 0 spiro atoms. The van der Waals surface area contributed by atoms with Crippen LogP contribution in [0.15, 0.2) is 120 Å². The number of carbonyl (C=O) groups excluding carboxylic acids is 1. The highest BCUT2D eigenvalue weighted by Gasteiger charge is 2.20. The van der Waals surface area contributed by atoms with E-state index in [2.05, 4.69) is 96.9 Å². The number of anilines is 1.